The lowest BCUT2D eigenvalue weighted by Crippen LogP contribution is -2.35. The van der Waals surface area contributed by atoms with Crippen molar-refractivity contribution in [2.45, 2.75) is 6.17 Å². The summed E-state index contributed by atoms with van der Waals surface area (Å²) in [5.41, 5.74) is -0.754. The van der Waals surface area contributed by atoms with Gasteiger partial charge in [-0.1, -0.05) is 18.2 Å². The van der Waals surface area contributed by atoms with Crippen LogP contribution in [0.25, 0.3) is 0 Å². The van der Waals surface area contributed by atoms with Crippen molar-refractivity contribution in [2.24, 2.45) is 0 Å². The van der Waals surface area contributed by atoms with Gasteiger partial charge in [0.05, 0.1) is 0 Å². The lowest BCUT2D eigenvalue weighted by atomic mass is 10.1. The summed E-state index contributed by atoms with van der Waals surface area (Å²) in [5, 5.41) is 10.1. The summed E-state index contributed by atoms with van der Waals surface area (Å²) >= 11 is 0. The van der Waals surface area contributed by atoms with Crippen LogP contribution in [0.1, 0.15) is 22.1 Å². The summed E-state index contributed by atoms with van der Waals surface area (Å²) in [6.45, 7) is -0.593. The molecular formula is C16H11F3N2O3. The Balaban J connectivity index is 2.05. The van der Waals surface area contributed by atoms with Crippen LogP contribution in [0.3, 0.4) is 0 Å². The Kier molecular flexibility index (Phi) is 3.98. The van der Waals surface area contributed by atoms with Crippen molar-refractivity contribution < 1.29 is 28.0 Å². The Morgan fingerprint density at radius 3 is 2.33 bits per heavy atom. The van der Waals surface area contributed by atoms with Crippen LogP contribution < -0.4 is 0 Å². The van der Waals surface area contributed by atoms with E-state index < -0.39 is 47.5 Å². The van der Waals surface area contributed by atoms with Crippen LogP contribution in [0.5, 0.6) is 0 Å². The molecule has 0 bridgehead atoms. The van der Waals surface area contributed by atoms with Gasteiger partial charge in [0.1, 0.15) is 29.6 Å². The third-order valence-electron chi connectivity index (χ3n) is 3.67. The molecule has 0 saturated carbocycles. The molecule has 1 saturated heterocycles. The minimum Gasteiger partial charge on any atom is -0.302 e. The highest BCUT2D eigenvalue weighted by Gasteiger charge is 2.42. The molecule has 0 aliphatic carbocycles. The molecule has 1 fully saturated rings. The van der Waals surface area contributed by atoms with Crippen molar-refractivity contribution in [2.75, 3.05) is 6.54 Å². The summed E-state index contributed by atoms with van der Waals surface area (Å²) in [7, 11) is 0. The van der Waals surface area contributed by atoms with E-state index in [0.29, 0.717) is 0 Å². The van der Waals surface area contributed by atoms with Crippen LogP contribution in [0.2, 0.25) is 0 Å². The third kappa shape index (κ3) is 2.61. The van der Waals surface area contributed by atoms with Gasteiger partial charge in [0.25, 0.3) is 11.8 Å². The number of benzene rings is 2. The van der Waals surface area contributed by atoms with Crippen LogP contribution in [0.4, 0.5) is 13.2 Å². The second kappa shape index (κ2) is 5.97. The van der Waals surface area contributed by atoms with E-state index >= 15 is 0 Å². The van der Waals surface area contributed by atoms with Gasteiger partial charge in [0.2, 0.25) is 0 Å². The number of hydrogen-bond acceptors (Lipinski definition) is 3. The number of amides is 2. The van der Waals surface area contributed by atoms with Gasteiger partial charge < -0.3 is 4.90 Å². The molecule has 2 amide bonds. The fourth-order valence-corrected chi connectivity index (χ4v) is 2.59. The first-order valence-electron chi connectivity index (χ1n) is 6.91. The van der Waals surface area contributed by atoms with Gasteiger partial charge in [-0.05, 0) is 24.3 Å². The summed E-state index contributed by atoms with van der Waals surface area (Å²) in [4.78, 5) is 25.0. The number of nitrogens with zero attached hydrogens (tertiary/aromatic N) is 2. The van der Waals surface area contributed by atoms with Crippen LogP contribution in [-0.2, 0) is 4.79 Å². The van der Waals surface area contributed by atoms with E-state index in [1.807, 2.05) is 0 Å². The van der Waals surface area contributed by atoms with Crippen molar-refractivity contribution in [3.63, 3.8) is 0 Å². The molecule has 1 N–H and O–H groups in total. The highest BCUT2D eigenvalue weighted by Crippen LogP contribution is 2.31. The van der Waals surface area contributed by atoms with E-state index in [1.165, 1.54) is 12.1 Å². The quantitative estimate of drug-likeness (QED) is 0.857. The Hall–Kier alpha value is -2.87. The van der Waals surface area contributed by atoms with Gasteiger partial charge in [-0.2, -0.15) is 5.06 Å². The number of hydroxylamine groups is 2. The smallest absolute Gasteiger partial charge is 0.267 e. The van der Waals surface area contributed by atoms with E-state index in [1.54, 1.807) is 0 Å². The molecule has 0 spiro atoms. The second-order valence-corrected chi connectivity index (χ2v) is 5.20. The van der Waals surface area contributed by atoms with Gasteiger partial charge in [-0.15, -0.1) is 0 Å². The molecular weight excluding hydrogens is 325 g/mol. The normalized spacial score (nSPS) is 17.5. The predicted molar refractivity (Wildman–Crippen MR) is 75.2 cm³/mol. The van der Waals surface area contributed by atoms with Crippen molar-refractivity contribution in [3.8, 4) is 0 Å². The number of hydrogen-bond donors (Lipinski definition) is 1. The SMILES string of the molecule is O=C1CN(C(=O)c2c(F)cccc2F)C(c2cccc(F)c2)N1O. The molecule has 3 rings (SSSR count). The minimum absolute atomic E-state index is 0.0912. The van der Waals surface area contributed by atoms with Gasteiger partial charge in [-0.3, -0.25) is 14.8 Å². The maximum Gasteiger partial charge on any atom is 0.267 e. The summed E-state index contributed by atoms with van der Waals surface area (Å²) < 4.78 is 41.1. The van der Waals surface area contributed by atoms with Crippen LogP contribution >= 0.6 is 0 Å². The number of carbonyl (C=O) groups is 2. The van der Waals surface area contributed by atoms with Crippen molar-refractivity contribution in [1.82, 2.24) is 9.96 Å². The molecule has 1 unspecified atom stereocenters. The summed E-state index contributed by atoms with van der Waals surface area (Å²) in [6, 6.07) is 7.78. The van der Waals surface area contributed by atoms with Gasteiger partial charge >= 0.3 is 0 Å². The Labute approximate surface area is 134 Å². The average molecular weight is 336 g/mol. The number of halogens is 3. The highest BCUT2D eigenvalue weighted by atomic mass is 19.1. The first-order chi connectivity index (χ1) is 11.4. The molecule has 0 radical (unpaired) electrons. The number of rotatable bonds is 2. The molecule has 8 heteroatoms. The van der Waals surface area contributed by atoms with E-state index in [4.69, 9.17) is 0 Å². The van der Waals surface area contributed by atoms with E-state index in [9.17, 15) is 28.0 Å². The minimum atomic E-state index is -1.38. The van der Waals surface area contributed by atoms with Gasteiger partial charge in [0.15, 0.2) is 6.17 Å². The first kappa shape index (κ1) is 16.0. The summed E-state index contributed by atoms with van der Waals surface area (Å²) in [5.74, 6) is -4.81. The average Bonchev–Trinajstić information content (AvgIpc) is 2.82. The molecule has 1 aliphatic rings. The summed E-state index contributed by atoms with van der Waals surface area (Å²) in [6.07, 6.45) is -1.38. The molecule has 1 heterocycles. The predicted octanol–water partition coefficient (Wildman–Crippen LogP) is 2.48. The largest absolute Gasteiger partial charge is 0.302 e. The van der Waals surface area contributed by atoms with Crippen LogP contribution in [0, 0.1) is 17.5 Å². The Morgan fingerprint density at radius 1 is 1.08 bits per heavy atom. The van der Waals surface area contributed by atoms with Crippen LogP contribution in [0.15, 0.2) is 42.5 Å². The standard InChI is InChI=1S/C16H11F3N2O3/c17-10-4-1-3-9(7-10)15-20(8-13(22)21(15)24)16(23)14-11(18)5-2-6-12(14)19/h1-7,15,24H,8H2. The van der Waals surface area contributed by atoms with Crippen molar-refractivity contribution in [3.05, 3.63) is 71.0 Å². The molecule has 1 aliphatic heterocycles. The molecule has 5 nitrogen and oxygen atoms in total. The fourth-order valence-electron chi connectivity index (χ4n) is 2.59. The molecule has 0 aromatic heterocycles. The lowest BCUT2D eigenvalue weighted by molar-refractivity contribution is -0.168. The number of carbonyl (C=O) groups excluding carboxylic acids is 2. The lowest BCUT2D eigenvalue weighted by Gasteiger charge is -2.26. The van der Waals surface area contributed by atoms with Crippen LogP contribution in [-0.4, -0.2) is 33.5 Å². The Morgan fingerprint density at radius 2 is 1.71 bits per heavy atom. The third-order valence-corrected chi connectivity index (χ3v) is 3.67. The van der Waals surface area contributed by atoms with E-state index in [0.717, 1.165) is 35.2 Å². The fraction of sp³-hybridized carbons (Fsp3) is 0.125. The zero-order chi connectivity index (χ0) is 17.4. The van der Waals surface area contributed by atoms with Gasteiger partial charge in [-0.25, -0.2) is 13.2 Å². The van der Waals surface area contributed by atoms with Gasteiger partial charge in [0, 0.05) is 5.56 Å². The zero-order valence-electron chi connectivity index (χ0n) is 12.1. The first-order valence-corrected chi connectivity index (χ1v) is 6.91. The van der Waals surface area contributed by atoms with Crippen molar-refractivity contribution >= 4 is 11.8 Å². The van der Waals surface area contributed by atoms with E-state index in [2.05, 4.69) is 0 Å². The van der Waals surface area contributed by atoms with Crippen molar-refractivity contribution in [1.29, 1.82) is 0 Å². The monoisotopic (exact) mass is 336 g/mol. The maximum absolute atomic E-state index is 13.8. The molecule has 2 aromatic carbocycles. The zero-order valence-corrected chi connectivity index (χ0v) is 12.1. The molecule has 2 aromatic rings. The second-order valence-electron chi connectivity index (χ2n) is 5.20. The highest BCUT2D eigenvalue weighted by molar-refractivity contribution is 5.98. The molecule has 1 atom stereocenters. The molecule has 24 heavy (non-hydrogen) atoms. The van der Waals surface area contributed by atoms with E-state index in [-0.39, 0.29) is 10.6 Å². The maximum atomic E-state index is 13.8. The topological polar surface area (TPSA) is 60.9 Å². The molecule has 124 valence electrons. The Bertz CT molecular complexity index is 808.